The van der Waals surface area contributed by atoms with Crippen LogP contribution in [-0.4, -0.2) is 69.2 Å². The highest BCUT2D eigenvalue weighted by Crippen LogP contribution is 2.15. The first-order valence-electron chi connectivity index (χ1n) is 6.16. The molecule has 1 amide bonds. The van der Waals surface area contributed by atoms with Crippen LogP contribution in [0.3, 0.4) is 0 Å². The Kier molecular flexibility index (Phi) is 5.82. The second-order valence-corrected chi connectivity index (χ2v) is 4.68. The van der Waals surface area contributed by atoms with E-state index < -0.39 is 54.2 Å². The smallest absolute Gasteiger partial charge is 0.332 e. The summed E-state index contributed by atoms with van der Waals surface area (Å²) < 4.78 is 5.05. The number of ether oxygens (including phenoxy) is 1. The number of carboxylic acid groups (broad SMARTS) is 2. The van der Waals surface area contributed by atoms with Crippen LogP contribution in [0, 0.1) is 0 Å². The second-order valence-electron chi connectivity index (χ2n) is 4.68. The lowest BCUT2D eigenvalue weighted by atomic mass is 9.98. The summed E-state index contributed by atoms with van der Waals surface area (Å²) in [5.41, 5.74) is -0.607. The van der Waals surface area contributed by atoms with Gasteiger partial charge in [0.25, 0.3) is 0 Å². The molecule has 1 rings (SSSR count). The van der Waals surface area contributed by atoms with E-state index in [-0.39, 0.29) is 6.61 Å². The summed E-state index contributed by atoms with van der Waals surface area (Å²) in [6, 6.07) is -1.03. The Bertz CT molecular complexity index is 460. The van der Waals surface area contributed by atoms with Crippen molar-refractivity contribution in [1.82, 2.24) is 5.32 Å². The van der Waals surface area contributed by atoms with Crippen molar-refractivity contribution >= 4 is 17.8 Å². The van der Waals surface area contributed by atoms with E-state index in [1.165, 1.54) is 0 Å². The number of nitrogens with one attached hydrogen (secondary N) is 1. The molecular weight excluding hydrogens is 286 g/mol. The van der Waals surface area contributed by atoms with E-state index in [0.717, 1.165) is 0 Å². The summed E-state index contributed by atoms with van der Waals surface area (Å²) in [5, 5.41) is 39.1. The van der Waals surface area contributed by atoms with Gasteiger partial charge < -0.3 is 30.5 Å². The Hall–Kier alpha value is -1.97. The van der Waals surface area contributed by atoms with E-state index in [1.807, 2.05) is 0 Å². The zero-order chi connectivity index (χ0) is 16.2. The van der Waals surface area contributed by atoms with E-state index in [4.69, 9.17) is 14.9 Å². The molecule has 21 heavy (non-hydrogen) atoms. The quantitative estimate of drug-likeness (QED) is 0.369. The highest BCUT2D eigenvalue weighted by molar-refractivity contribution is 6.00. The lowest BCUT2D eigenvalue weighted by Gasteiger charge is -2.36. The van der Waals surface area contributed by atoms with Gasteiger partial charge in [0.2, 0.25) is 5.91 Å². The molecule has 1 fully saturated rings. The zero-order valence-corrected chi connectivity index (χ0v) is 11.2. The molecule has 0 aliphatic carbocycles. The molecule has 0 aromatic carbocycles. The third-order valence-electron chi connectivity index (χ3n) is 3.02. The van der Waals surface area contributed by atoms with Crippen molar-refractivity contribution in [2.75, 3.05) is 6.61 Å². The minimum Gasteiger partial charge on any atom is -0.481 e. The number of aliphatic hydroxyl groups excluding tert-OH is 2. The number of amides is 1. The number of carbonyl (C=O) groups excluding carboxylic acids is 1. The van der Waals surface area contributed by atoms with Crippen molar-refractivity contribution in [2.24, 2.45) is 0 Å². The van der Waals surface area contributed by atoms with Gasteiger partial charge in [-0.3, -0.25) is 9.59 Å². The Morgan fingerprint density at radius 3 is 2.43 bits per heavy atom. The summed E-state index contributed by atoms with van der Waals surface area (Å²) in [6.45, 7) is 1.46. The summed E-state index contributed by atoms with van der Waals surface area (Å²) in [6.07, 6.45) is -3.13. The van der Waals surface area contributed by atoms with Crippen molar-refractivity contribution in [3.8, 4) is 0 Å². The first-order valence-corrected chi connectivity index (χ1v) is 6.16. The zero-order valence-electron chi connectivity index (χ0n) is 11.2. The maximum Gasteiger partial charge on any atom is 0.332 e. The van der Waals surface area contributed by atoms with Crippen LogP contribution >= 0.6 is 0 Å². The number of rotatable bonds is 5. The molecule has 5 N–H and O–H groups in total. The second kappa shape index (κ2) is 7.16. The van der Waals surface area contributed by atoms with Crippen molar-refractivity contribution in [3.63, 3.8) is 0 Å². The highest BCUT2D eigenvalue weighted by Gasteiger charge is 2.37. The van der Waals surface area contributed by atoms with Gasteiger partial charge in [-0.2, -0.15) is 0 Å². The lowest BCUT2D eigenvalue weighted by Crippen LogP contribution is -2.59. The Balaban J connectivity index is 2.78. The number of aliphatic carboxylic acids is 2. The monoisotopic (exact) mass is 303 g/mol. The fourth-order valence-electron chi connectivity index (χ4n) is 1.87. The largest absolute Gasteiger partial charge is 0.481 e. The number of hydrogen-bond acceptors (Lipinski definition) is 6. The van der Waals surface area contributed by atoms with Gasteiger partial charge in [-0.1, -0.05) is 0 Å². The molecule has 9 nitrogen and oxygen atoms in total. The van der Waals surface area contributed by atoms with Crippen LogP contribution < -0.4 is 5.32 Å². The maximum absolute atomic E-state index is 11.7. The molecule has 1 heterocycles. The first kappa shape index (κ1) is 17.1. The van der Waals surface area contributed by atoms with Crippen LogP contribution in [0.15, 0.2) is 11.6 Å². The van der Waals surface area contributed by atoms with Crippen molar-refractivity contribution in [1.29, 1.82) is 0 Å². The van der Waals surface area contributed by atoms with Crippen LogP contribution in [0.5, 0.6) is 0 Å². The Morgan fingerprint density at radius 2 is 1.90 bits per heavy atom. The summed E-state index contributed by atoms with van der Waals surface area (Å²) in [7, 11) is 0. The molecule has 0 spiro atoms. The predicted octanol–water partition coefficient (Wildman–Crippen LogP) is -1.90. The molecule has 0 aromatic rings. The van der Waals surface area contributed by atoms with Crippen LogP contribution in [0.25, 0.3) is 0 Å². The van der Waals surface area contributed by atoms with Gasteiger partial charge in [-0.25, -0.2) is 4.79 Å². The van der Waals surface area contributed by atoms with Crippen LogP contribution in [0.1, 0.15) is 13.3 Å². The van der Waals surface area contributed by atoms with E-state index in [0.29, 0.717) is 6.08 Å². The standard InChI is InChI=1S/C12H17NO8/c1-5-11(18)10(7(14)4-21-5)13-8(15)2-6(12(19)20)3-9(16)17/h2,5,7,10-11,14,18H,3-4H2,1H3,(H,13,15)(H,16,17)(H,19,20)/b6-2-. The van der Waals surface area contributed by atoms with Crippen LogP contribution in [-0.2, 0) is 19.1 Å². The van der Waals surface area contributed by atoms with E-state index in [2.05, 4.69) is 5.32 Å². The topological polar surface area (TPSA) is 153 Å². The van der Waals surface area contributed by atoms with Gasteiger partial charge in [-0.05, 0) is 6.92 Å². The fraction of sp³-hybridized carbons (Fsp3) is 0.583. The van der Waals surface area contributed by atoms with Gasteiger partial charge >= 0.3 is 11.9 Å². The predicted molar refractivity (Wildman–Crippen MR) is 67.3 cm³/mol. The normalized spacial score (nSPS) is 29.8. The van der Waals surface area contributed by atoms with Crippen molar-refractivity contribution in [3.05, 3.63) is 11.6 Å². The van der Waals surface area contributed by atoms with Crippen LogP contribution in [0.4, 0.5) is 0 Å². The van der Waals surface area contributed by atoms with E-state index in [9.17, 15) is 24.6 Å². The SMILES string of the molecule is CC1OCC(O)C(NC(=O)/C=C(/CC(=O)O)C(=O)O)C1O. The Labute approximate surface area is 119 Å². The molecule has 1 aliphatic rings. The molecule has 4 atom stereocenters. The molecule has 9 heteroatoms. The highest BCUT2D eigenvalue weighted by atomic mass is 16.5. The number of hydrogen-bond donors (Lipinski definition) is 5. The number of aliphatic hydroxyl groups is 2. The molecule has 118 valence electrons. The molecular formula is C12H17NO8. The summed E-state index contributed by atoms with van der Waals surface area (Å²) in [5.74, 6) is -3.84. The van der Waals surface area contributed by atoms with Crippen molar-refractivity contribution in [2.45, 2.75) is 37.7 Å². The molecule has 1 aliphatic heterocycles. The molecule has 0 saturated carbocycles. The molecule has 0 bridgehead atoms. The van der Waals surface area contributed by atoms with Crippen molar-refractivity contribution < 1.29 is 39.5 Å². The van der Waals surface area contributed by atoms with Gasteiger partial charge in [0, 0.05) is 6.08 Å². The third kappa shape index (κ3) is 4.81. The maximum atomic E-state index is 11.7. The van der Waals surface area contributed by atoms with Gasteiger partial charge in [-0.15, -0.1) is 0 Å². The number of carboxylic acids is 2. The lowest BCUT2D eigenvalue weighted by molar-refractivity contribution is -0.143. The molecule has 1 saturated heterocycles. The summed E-state index contributed by atoms with van der Waals surface area (Å²) >= 11 is 0. The molecule has 0 aromatic heterocycles. The van der Waals surface area contributed by atoms with E-state index in [1.54, 1.807) is 6.92 Å². The van der Waals surface area contributed by atoms with Gasteiger partial charge in [0.1, 0.15) is 12.2 Å². The van der Waals surface area contributed by atoms with E-state index >= 15 is 0 Å². The average molecular weight is 303 g/mol. The average Bonchev–Trinajstić information content (AvgIpc) is 2.38. The molecule has 4 unspecified atom stereocenters. The fourth-order valence-corrected chi connectivity index (χ4v) is 1.87. The third-order valence-corrected chi connectivity index (χ3v) is 3.02. The summed E-state index contributed by atoms with van der Waals surface area (Å²) in [4.78, 5) is 33.0. The Morgan fingerprint density at radius 1 is 1.29 bits per heavy atom. The van der Waals surface area contributed by atoms with Crippen LogP contribution in [0.2, 0.25) is 0 Å². The van der Waals surface area contributed by atoms with Gasteiger partial charge in [0.15, 0.2) is 0 Å². The minimum absolute atomic E-state index is 0.0895. The molecule has 0 radical (unpaired) electrons. The minimum atomic E-state index is -1.53. The first-order chi connectivity index (χ1) is 9.72. The number of carbonyl (C=O) groups is 3. The van der Waals surface area contributed by atoms with Gasteiger partial charge in [0.05, 0.1) is 30.7 Å².